The number of rotatable bonds is 4. The number of hydrogen-bond donors (Lipinski definition) is 1. The number of pyridine rings is 1. The van der Waals surface area contributed by atoms with Gasteiger partial charge in [-0.2, -0.15) is 0 Å². The van der Waals surface area contributed by atoms with E-state index >= 15 is 0 Å². The van der Waals surface area contributed by atoms with E-state index < -0.39 is 0 Å². The summed E-state index contributed by atoms with van der Waals surface area (Å²) in [5.41, 5.74) is 7.96. The smallest absolute Gasteiger partial charge is 0.111 e. The van der Waals surface area contributed by atoms with Crippen LogP contribution in [0.3, 0.4) is 0 Å². The molecule has 0 aromatic carbocycles. The summed E-state index contributed by atoms with van der Waals surface area (Å²) in [6.07, 6.45) is 5.50. The lowest BCUT2D eigenvalue weighted by molar-refractivity contribution is 0.486. The quantitative estimate of drug-likeness (QED) is 0.878. The third kappa shape index (κ3) is 2.64. The van der Waals surface area contributed by atoms with E-state index in [0.717, 1.165) is 36.2 Å². The lowest BCUT2D eigenvalue weighted by Gasteiger charge is -2.18. The molecular weight excluding hydrogens is 212 g/mol. The van der Waals surface area contributed by atoms with E-state index in [0.29, 0.717) is 0 Å². The van der Waals surface area contributed by atoms with Crippen molar-refractivity contribution in [2.45, 2.75) is 45.7 Å². The molecule has 0 aliphatic rings. The maximum atomic E-state index is 6.09. The molecule has 0 radical (unpaired) electrons. The van der Waals surface area contributed by atoms with Crippen molar-refractivity contribution in [3.05, 3.63) is 24.3 Å². The van der Waals surface area contributed by atoms with Crippen LogP contribution in [0.2, 0.25) is 0 Å². The van der Waals surface area contributed by atoms with E-state index in [-0.39, 0.29) is 5.54 Å². The zero-order valence-electron chi connectivity index (χ0n) is 10.8. The van der Waals surface area contributed by atoms with Crippen LogP contribution >= 0.6 is 0 Å². The van der Waals surface area contributed by atoms with Crippen molar-refractivity contribution >= 4 is 11.0 Å². The first-order valence-electron chi connectivity index (χ1n) is 6.09. The van der Waals surface area contributed by atoms with Gasteiger partial charge in [-0.1, -0.05) is 6.92 Å². The monoisotopic (exact) mass is 232 g/mol. The van der Waals surface area contributed by atoms with Gasteiger partial charge >= 0.3 is 0 Å². The number of nitrogens with zero attached hydrogens (tertiary/aromatic N) is 3. The van der Waals surface area contributed by atoms with Crippen molar-refractivity contribution in [2.75, 3.05) is 0 Å². The van der Waals surface area contributed by atoms with Gasteiger partial charge in [0.1, 0.15) is 11.3 Å². The average molecular weight is 232 g/mol. The molecule has 2 rings (SSSR count). The van der Waals surface area contributed by atoms with Crippen LogP contribution in [0.15, 0.2) is 18.5 Å². The summed E-state index contributed by atoms with van der Waals surface area (Å²) in [5.74, 6) is 1.06. The maximum absolute atomic E-state index is 6.09. The summed E-state index contributed by atoms with van der Waals surface area (Å²) in [6, 6.07) is 2.02. The Morgan fingerprint density at radius 3 is 2.82 bits per heavy atom. The van der Waals surface area contributed by atoms with Gasteiger partial charge in [-0.05, 0) is 26.3 Å². The van der Waals surface area contributed by atoms with Crippen molar-refractivity contribution < 1.29 is 0 Å². The summed E-state index contributed by atoms with van der Waals surface area (Å²) in [5, 5.41) is 0. The zero-order chi connectivity index (χ0) is 12.5. The van der Waals surface area contributed by atoms with E-state index in [2.05, 4.69) is 21.5 Å². The molecule has 2 N–H and O–H groups in total. The van der Waals surface area contributed by atoms with Crippen LogP contribution in [0.5, 0.6) is 0 Å². The van der Waals surface area contributed by atoms with Crippen molar-refractivity contribution in [1.29, 1.82) is 0 Å². The number of aromatic nitrogens is 3. The zero-order valence-corrected chi connectivity index (χ0v) is 10.8. The normalized spacial score (nSPS) is 12.2. The minimum atomic E-state index is -0.236. The molecule has 0 amide bonds. The van der Waals surface area contributed by atoms with Crippen molar-refractivity contribution in [2.24, 2.45) is 5.73 Å². The topological polar surface area (TPSA) is 56.7 Å². The summed E-state index contributed by atoms with van der Waals surface area (Å²) < 4.78 is 2.26. The van der Waals surface area contributed by atoms with Gasteiger partial charge in [0.15, 0.2) is 0 Å². The SMILES string of the molecule is CCCn1c(CC(C)(C)N)nc2cnccc21. The van der Waals surface area contributed by atoms with Gasteiger partial charge in [0.05, 0.1) is 11.7 Å². The highest BCUT2D eigenvalue weighted by molar-refractivity contribution is 5.74. The molecule has 0 bridgehead atoms. The number of fused-ring (bicyclic) bond motifs is 1. The lowest BCUT2D eigenvalue weighted by Crippen LogP contribution is -2.35. The van der Waals surface area contributed by atoms with Crippen molar-refractivity contribution in [3.8, 4) is 0 Å². The molecule has 0 aliphatic heterocycles. The first-order valence-corrected chi connectivity index (χ1v) is 6.09. The molecule has 0 atom stereocenters. The Morgan fingerprint density at radius 1 is 1.41 bits per heavy atom. The van der Waals surface area contributed by atoms with Crippen LogP contribution in [0.25, 0.3) is 11.0 Å². The fourth-order valence-corrected chi connectivity index (χ4v) is 2.05. The minimum absolute atomic E-state index is 0.236. The Morgan fingerprint density at radius 2 is 2.18 bits per heavy atom. The molecule has 2 aromatic rings. The summed E-state index contributed by atoms with van der Waals surface area (Å²) >= 11 is 0. The predicted octanol–water partition coefficient (Wildman–Crippen LogP) is 2.12. The van der Waals surface area contributed by atoms with Gasteiger partial charge in [-0.3, -0.25) is 4.98 Å². The Balaban J connectivity index is 2.49. The molecule has 92 valence electrons. The highest BCUT2D eigenvalue weighted by Crippen LogP contribution is 2.18. The van der Waals surface area contributed by atoms with E-state index in [9.17, 15) is 0 Å². The molecule has 2 heterocycles. The van der Waals surface area contributed by atoms with Gasteiger partial charge in [0.25, 0.3) is 0 Å². The standard InChI is InChI=1S/C13H20N4/c1-4-7-17-11-5-6-15-9-10(11)16-12(17)8-13(2,3)14/h5-6,9H,4,7-8,14H2,1-3H3. The summed E-state index contributed by atoms with van der Waals surface area (Å²) in [4.78, 5) is 8.75. The van der Waals surface area contributed by atoms with Gasteiger partial charge in [0.2, 0.25) is 0 Å². The second kappa shape index (κ2) is 4.45. The Hall–Kier alpha value is -1.42. The molecule has 0 saturated heterocycles. The van der Waals surface area contributed by atoms with Crippen molar-refractivity contribution in [3.63, 3.8) is 0 Å². The van der Waals surface area contributed by atoms with Crippen LogP contribution in [0, 0.1) is 0 Å². The molecule has 0 aliphatic carbocycles. The first-order chi connectivity index (χ1) is 8.01. The van der Waals surface area contributed by atoms with E-state index in [1.54, 1.807) is 0 Å². The second-order valence-electron chi connectivity index (χ2n) is 5.21. The van der Waals surface area contributed by atoms with Crippen LogP contribution in [0.4, 0.5) is 0 Å². The number of imidazole rings is 1. The predicted molar refractivity (Wildman–Crippen MR) is 69.8 cm³/mol. The Labute approximate surface area is 102 Å². The van der Waals surface area contributed by atoms with Crippen LogP contribution in [-0.2, 0) is 13.0 Å². The number of nitrogens with two attached hydrogens (primary N) is 1. The van der Waals surface area contributed by atoms with Crippen LogP contribution in [-0.4, -0.2) is 20.1 Å². The maximum Gasteiger partial charge on any atom is 0.111 e. The van der Waals surface area contributed by atoms with Gasteiger partial charge in [-0.25, -0.2) is 4.98 Å². The second-order valence-corrected chi connectivity index (χ2v) is 5.21. The van der Waals surface area contributed by atoms with Gasteiger partial charge < -0.3 is 10.3 Å². The molecule has 0 fully saturated rings. The third-order valence-electron chi connectivity index (χ3n) is 2.69. The molecule has 2 aromatic heterocycles. The Bertz CT molecular complexity index is 508. The van der Waals surface area contributed by atoms with Crippen molar-refractivity contribution in [1.82, 2.24) is 14.5 Å². The first kappa shape index (κ1) is 12.0. The largest absolute Gasteiger partial charge is 0.328 e. The molecule has 17 heavy (non-hydrogen) atoms. The molecular formula is C13H20N4. The highest BCUT2D eigenvalue weighted by atomic mass is 15.1. The molecule has 4 heteroatoms. The molecule has 0 unspecified atom stereocenters. The summed E-state index contributed by atoms with van der Waals surface area (Å²) in [6.45, 7) is 7.21. The Kier molecular flexibility index (Phi) is 3.15. The molecule has 0 spiro atoms. The lowest BCUT2D eigenvalue weighted by atomic mass is 10.0. The van der Waals surface area contributed by atoms with E-state index in [4.69, 9.17) is 5.73 Å². The van der Waals surface area contributed by atoms with Gasteiger partial charge in [0, 0.05) is 24.7 Å². The average Bonchev–Trinajstić information content (AvgIpc) is 2.55. The summed E-state index contributed by atoms with van der Waals surface area (Å²) in [7, 11) is 0. The van der Waals surface area contributed by atoms with Crippen LogP contribution < -0.4 is 5.73 Å². The fourth-order valence-electron chi connectivity index (χ4n) is 2.05. The van der Waals surface area contributed by atoms with Crippen LogP contribution in [0.1, 0.15) is 33.0 Å². The number of hydrogen-bond acceptors (Lipinski definition) is 3. The third-order valence-corrected chi connectivity index (χ3v) is 2.69. The fraction of sp³-hybridized carbons (Fsp3) is 0.538. The highest BCUT2D eigenvalue weighted by Gasteiger charge is 2.18. The van der Waals surface area contributed by atoms with Gasteiger partial charge in [-0.15, -0.1) is 0 Å². The molecule has 4 nitrogen and oxygen atoms in total. The van der Waals surface area contributed by atoms with E-state index in [1.165, 1.54) is 0 Å². The van der Waals surface area contributed by atoms with E-state index in [1.807, 2.05) is 32.3 Å². The minimum Gasteiger partial charge on any atom is -0.328 e. The molecule has 0 saturated carbocycles. The number of aryl methyl sites for hydroxylation is 1.